The highest BCUT2D eigenvalue weighted by atomic mass is 16.5. The molecule has 3 nitrogen and oxygen atoms in total. The van der Waals surface area contributed by atoms with Gasteiger partial charge in [-0.25, -0.2) is 0 Å². The second-order valence-corrected chi connectivity index (χ2v) is 5.63. The lowest BCUT2D eigenvalue weighted by molar-refractivity contribution is 0.120. The van der Waals surface area contributed by atoms with Crippen LogP contribution in [0.2, 0.25) is 0 Å². The summed E-state index contributed by atoms with van der Waals surface area (Å²) in [7, 11) is 0. The van der Waals surface area contributed by atoms with Crippen LogP contribution in [0.4, 0.5) is 0 Å². The van der Waals surface area contributed by atoms with Crippen molar-refractivity contribution in [2.45, 2.75) is 45.8 Å². The number of ether oxygens (including phenoxy) is 1. The van der Waals surface area contributed by atoms with E-state index < -0.39 is 0 Å². The fraction of sp³-hybridized carbons (Fsp3) is 1.00. The van der Waals surface area contributed by atoms with Crippen LogP contribution in [0.5, 0.6) is 0 Å². The van der Waals surface area contributed by atoms with E-state index in [1.165, 1.54) is 6.42 Å². The fourth-order valence-electron chi connectivity index (χ4n) is 1.88. The molecule has 1 aliphatic heterocycles. The van der Waals surface area contributed by atoms with Gasteiger partial charge < -0.3 is 15.4 Å². The average molecular weight is 214 g/mol. The van der Waals surface area contributed by atoms with E-state index in [0.717, 1.165) is 32.2 Å². The third-order valence-electron chi connectivity index (χ3n) is 2.67. The first kappa shape index (κ1) is 12.9. The Hall–Kier alpha value is -0.120. The Balaban J connectivity index is 1.93. The maximum absolute atomic E-state index is 5.52. The van der Waals surface area contributed by atoms with Gasteiger partial charge in [0.15, 0.2) is 0 Å². The molecule has 1 rings (SSSR count). The molecule has 2 atom stereocenters. The molecule has 1 aliphatic rings. The SMILES string of the molecule is CC1CC(CNCCNC(C)(C)C)CO1. The molecule has 0 aliphatic carbocycles. The van der Waals surface area contributed by atoms with Crippen molar-refractivity contribution in [1.82, 2.24) is 10.6 Å². The Labute approximate surface area is 94.0 Å². The first-order chi connectivity index (χ1) is 6.97. The van der Waals surface area contributed by atoms with E-state index in [4.69, 9.17) is 4.74 Å². The van der Waals surface area contributed by atoms with Crippen molar-refractivity contribution in [1.29, 1.82) is 0 Å². The van der Waals surface area contributed by atoms with E-state index in [9.17, 15) is 0 Å². The normalized spacial score (nSPS) is 27.2. The molecule has 0 spiro atoms. The average Bonchev–Trinajstić information content (AvgIpc) is 2.49. The zero-order chi connectivity index (χ0) is 11.3. The van der Waals surface area contributed by atoms with Gasteiger partial charge in [-0.3, -0.25) is 0 Å². The molecular weight excluding hydrogens is 188 g/mol. The molecule has 0 aromatic rings. The summed E-state index contributed by atoms with van der Waals surface area (Å²) in [6.07, 6.45) is 1.67. The number of rotatable bonds is 5. The summed E-state index contributed by atoms with van der Waals surface area (Å²) in [5.41, 5.74) is 0.229. The lowest BCUT2D eigenvalue weighted by Crippen LogP contribution is -2.40. The molecule has 0 amide bonds. The van der Waals surface area contributed by atoms with E-state index in [0.29, 0.717) is 6.10 Å². The van der Waals surface area contributed by atoms with E-state index >= 15 is 0 Å². The van der Waals surface area contributed by atoms with Crippen LogP contribution in [0.25, 0.3) is 0 Å². The van der Waals surface area contributed by atoms with Gasteiger partial charge in [0.25, 0.3) is 0 Å². The molecular formula is C12H26N2O. The van der Waals surface area contributed by atoms with Crippen molar-refractivity contribution >= 4 is 0 Å². The van der Waals surface area contributed by atoms with Crippen molar-refractivity contribution in [3.05, 3.63) is 0 Å². The third kappa shape index (κ3) is 6.13. The summed E-state index contributed by atoms with van der Waals surface area (Å²) in [5.74, 6) is 0.717. The van der Waals surface area contributed by atoms with E-state index in [1.807, 2.05) is 0 Å². The Morgan fingerprint density at radius 3 is 2.53 bits per heavy atom. The predicted octanol–water partition coefficient (Wildman–Crippen LogP) is 1.39. The van der Waals surface area contributed by atoms with E-state index in [-0.39, 0.29) is 5.54 Å². The van der Waals surface area contributed by atoms with Gasteiger partial charge in [-0.2, -0.15) is 0 Å². The molecule has 1 heterocycles. The minimum atomic E-state index is 0.229. The topological polar surface area (TPSA) is 33.3 Å². The predicted molar refractivity (Wildman–Crippen MR) is 64.1 cm³/mol. The zero-order valence-corrected chi connectivity index (χ0v) is 10.6. The highest BCUT2D eigenvalue weighted by Gasteiger charge is 2.21. The Morgan fingerprint density at radius 1 is 1.27 bits per heavy atom. The highest BCUT2D eigenvalue weighted by molar-refractivity contribution is 4.74. The second-order valence-electron chi connectivity index (χ2n) is 5.63. The summed E-state index contributed by atoms with van der Waals surface area (Å²) in [4.78, 5) is 0. The third-order valence-corrected chi connectivity index (χ3v) is 2.67. The molecule has 2 N–H and O–H groups in total. The quantitative estimate of drug-likeness (QED) is 0.679. The Morgan fingerprint density at radius 2 is 2.00 bits per heavy atom. The molecule has 0 bridgehead atoms. The summed E-state index contributed by atoms with van der Waals surface area (Å²) in [6.45, 7) is 12.8. The van der Waals surface area contributed by atoms with Gasteiger partial charge in [0.2, 0.25) is 0 Å². The summed E-state index contributed by atoms with van der Waals surface area (Å²) in [5, 5.41) is 6.94. The summed E-state index contributed by atoms with van der Waals surface area (Å²) >= 11 is 0. The summed E-state index contributed by atoms with van der Waals surface area (Å²) < 4.78 is 5.52. The van der Waals surface area contributed by atoms with Crippen LogP contribution < -0.4 is 10.6 Å². The molecule has 1 saturated heterocycles. The van der Waals surface area contributed by atoms with Crippen molar-refractivity contribution in [3.8, 4) is 0 Å². The van der Waals surface area contributed by atoms with Crippen LogP contribution in [0, 0.1) is 5.92 Å². The van der Waals surface area contributed by atoms with Crippen LogP contribution in [-0.2, 0) is 4.74 Å². The van der Waals surface area contributed by atoms with Crippen LogP contribution in [0.3, 0.4) is 0 Å². The maximum atomic E-state index is 5.52. The molecule has 0 aromatic carbocycles. The van der Waals surface area contributed by atoms with Crippen molar-refractivity contribution in [2.75, 3.05) is 26.2 Å². The number of hydrogen-bond acceptors (Lipinski definition) is 3. The van der Waals surface area contributed by atoms with Crippen molar-refractivity contribution < 1.29 is 4.74 Å². The van der Waals surface area contributed by atoms with Gasteiger partial charge in [-0.1, -0.05) is 0 Å². The van der Waals surface area contributed by atoms with Gasteiger partial charge in [0, 0.05) is 25.2 Å². The lowest BCUT2D eigenvalue weighted by Gasteiger charge is -2.20. The Bertz CT molecular complexity index is 177. The molecule has 0 aromatic heterocycles. The molecule has 15 heavy (non-hydrogen) atoms. The van der Waals surface area contributed by atoms with Crippen molar-refractivity contribution in [3.63, 3.8) is 0 Å². The lowest BCUT2D eigenvalue weighted by atomic mass is 10.1. The van der Waals surface area contributed by atoms with Crippen LogP contribution >= 0.6 is 0 Å². The molecule has 0 radical (unpaired) electrons. The smallest absolute Gasteiger partial charge is 0.0551 e. The second kappa shape index (κ2) is 5.83. The van der Waals surface area contributed by atoms with Crippen LogP contribution in [-0.4, -0.2) is 37.9 Å². The Kier molecular flexibility index (Phi) is 5.03. The van der Waals surface area contributed by atoms with Gasteiger partial charge >= 0.3 is 0 Å². The van der Waals surface area contributed by atoms with Crippen LogP contribution in [0.15, 0.2) is 0 Å². The van der Waals surface area contributed by atoms with Gasteiger partial charge in [-0.15, -0.1) is 0 Å². The fourth-order valence-corrected chi connectivity index (χ4v) is 1.88. The first-order valence-corrected chi connectivity index (χ1v) is 6.05. The number of nitrogens with one attached hydrogen (secondary N) is 2. The summed E-state index contributed by atoms with van der Waals surface area (Å²) in [6, 6.07) is 0. The van der Waals surface area contributed by atoms with E-state index in [1.54, 1.807) is 0 Å². The minimum absolute atomic E-state index is 0.229. The molecule has 0 saturated carbocycles. The monoisotopic (exact) mass is 214 g/mol. The largest absolute Gasteiger partial charge is 0.378 e. The minimum Gasteiger partial charge on any atom is -0.378 e. The molecule has 2 unspecified atom stereocenters. The first-order valence-electron chi connectivity index (χ1n) is 6.05. The molecule has 1 fully saturated rings. The maximum Gasteiger partial charge on any atom is 0.0551 e. The van der Waals surface area contributed by atoms with Gasteiger partial charge in [0.1, 0.15) is 0 Å². The number of hydrogen-bond donors (Lipinski definition) is 2. The van der Waals surface area contributed by atoms with Crippen LogP contribution in [0.1, 0.15) is 34.1 Å². The van der Waals surface area contributed by atoms with Crippen molar-refractivity contribution in [2.24, 2.45) is 5.92 Å². The highest BCUT2D eigenvalue weighted by Crippen LogP contribution is 2.17. The van der Waals surface area contributed by atoms with Gasteiger partial charge in [-0.05, 0) is 40.0 Å². The molecule has 90 valence electrons. The zero-order valence-electron chi connectivity index (χ0n) is 10.6. The molecule has 3 heteroatoms. The standard InChI is InChI=1S/C12H26N2O/c1-10-7-11(9-15-10)8-13-5-6-14-12(2,3)4/h10-11,13-14H,5-9H2,1-4H3. The van der Waals surface area contributed by atoms with E-state index in [2.05, 4.69) is 38.3 Å². The van der Waals surface area contributed by atoms with Gasteiger partial charge in [0.05, 0.1) is 12.7 Å².